The number of thioether (sulfide) groups is 1. The van der Waals surface area contributed by atoms with Crippen molar-refractivity contribution >= 4 is 41.1 Å². The number of hydrogen-bond acceptors (Lipinski definition) is 5. The van der Waals surface area contributed by atoms with Gasteiger partial charge >= 0.3 is 6.18 Å². The van der Waals surface area contributed by atoms with Crippen LogP contribution >= 0.6 is 23.1 Å². The van der Waals surface area contributed by atoms with Gasteiger partial charge in [0.2, 0.25) is 0 Å². The molecule has 0 spiro atoms. The summed E-state index contributed by atoms with van der Waals surface area (Å²) in [6, 6.07) is 6.64. The number of alkyl halides is 3. The molecule has 28 heavy (non-hydrogen) atoms. The Bertz CT molecular complexity index is 806. The Balaban J connectivity index is 2.01. The third-order valence-corrected chi connectivity index (χ3v) is 5.07. The molecule has 0 saturated carbocycles. The number of nitrogens with one attached hydrogen (secondary N) is 2. The monoisotopic (exact) mass is 429 g/mol. The molecule has 10 heteroatoms. The van der Waals surface area contributed by atoms with Gasteiger partial charge in [-0.1, -0.05) is 6.07 Å². The number of hydrazone groups is 1. The molecule has 1 aromatic heterocycles. The first-order chi connectivity index (χ1) is 13.3. The van der Waals surface area contributed by atoms with E-state index in [0.717, 1.165) is 29.1 Å². The Hall–Kier alpha value is -2.33. The lowest BCUT2D eigenvalue weighted by Crippen LogP contribution is -2.45. The smallest absolute Gasteiger partial charge is 0.340 e. The van der Waals surface area contributed by atoms with E-state index in [1.807, 2.05) is 23.8 Å². The molecule has 2 N–H and O–H groups in total. The number of carbonyl (C=O) groups is 2. The van der Waals surface area contributed by atoms with Crippen LogP contribution in [0.2, 0.25) is 0 Å². The average Bonchev–Trinajstić information content (AvgIpc) is 3.17. The van der Waals surface area contributed by atoms with Gasteiger partial charge in [-0.25, -0.2) is 5.43 Å². The van der Waals surface area contributed by atoms with Crippen LogP contribution in [0.15, 0.2) is 46.9 Å². The van der Waals surface area contributed by atoms with Crippen LogP contribution in [0.5, 0.6) is 0 Å². The van der Waals surface area contributed by atoms with Crippen molar-refractivity contribution in [3.8, 4) is 0 Å². The second-order valence-electron chi connectivity index (χ2n) is 5.63. The summed E-state index contributed by atoms with van der Waals surface area (Å²) < 4.78 is 37.9. The van der Waals surface area contributed by atoms with Crippen molar-refractivity contribution in [3.05, 3.63) is 57.8 Å². The summed E-state index contributed by atoms with van der Waals surface area (Å²) in [7, 11) is 0. The molecule has 0 saturated heterocycles. The van der Waals surface area contributed by atoms with E-state index in [1.54, 1.807) is 0 Å². The van der Waals surface area contributed by atoms with E-state index < -0.39 is 29.6 Å². The SMILES string of the molecule is CSCC[C@@H](NC(=O)c1ccc(C(F)(F)F)cc1)C(=O)N/N=C\c1cccs1. The van der Waals surface area contributed by atoms with E-state index in [-0.39, 0.29) is 5.56 Å². The average molecular weight is 429 g/mol. The van der Waals surface area contributed by atoms with Crippen molar-refractivity contribution in [1.29, 1.82) is 0 Å². The molecule has 2 amide bonds. The van der Waals surface area contributed by atoms with Crippen LogP contribution in [-0.4, -0.2) is 36.1 Å². The zero-order valence-corrected chi connectivity index (χ0v) is 16.5. The highest BCUT2D eigenvalue weighted by Gasteiger charge is 2.30. The summed E-state index contributed by atoms with van der Waals surface area (Å²) in [5.41, 5.74) is 1.58. The third-order valence-electron chi connectivity index (χ3n) is 3.62. The lowest BCUT2D eigenvalue weighted by molar-refractivity contribution is -0.137. The first kappa shape index (κ1) is 22.0. The molecule has 0 aliphatic carbocycles. The molecule has 150 valence electrons. The van der Waals surface area contributed by atoms with Crippen LogP contribution in [-0.2, 0) is 11.0 Å². The first-order valence-corrected chi connectivity index (χ1v) is 10.4. The van der Waals surface area contributed by atoms with Gasteiger partial charge < -0.3 is 5.32 Å². The molecule has 0 bridgehead atoms. The summed E-state index contributed by atoms with van der Waals surface area (Å²) in [5, 5.41) is 8.29. The highest BCUT2D eigenvalue weighted by Crippen LogP contribution is 2.29. The molecule has 1 atom stereocenters. The maximum absolute atomic E-state index is 12.6. The largest absolute Gasteiger partial charge is 0.416 e. The zero-order valence-electron chi connectivity index (χ0n) is 14.8. The minimum atomic E-state index is -4.48. The second-order valence-corrected chi connectivity index (χ2v) is 7.60. The molecular weight excluding hydrogens is 411 g/mol. The Labute approximate surface area is 168 Å². The van der Waals surface area contributed by atoms with Gasteiger partial charge in [-0.05, 0) is 54.1 Å². The molecule has 0 fully saturated rings. The van der Waals surface area contributed by atoms with Gasteiger partial charge in [0.25, 0.3) is 11.8 Å². The van der Waals surface area contributed by atoms with Crippen molar-refractivity contribution in [3.63, 3.8) is 0 Å². The van der Waals surface area contributed by atoms with Crippen molar-refractivity contribution in [2.75, 3.05) is 12.0 Å². The molecule has 5 nitrogen and oxygen atoms in total. The maximum Gasteiger partial charge on any atom is 0.416 e. The fraction of sp³-hybridized carbons (Fsp3) is 0.278. The van der Waals surface area contributed by atoms with Gasteiger partial charge in [0.05, 0.1) is 11.8 Å². The first-order valence-electron chi connectivity index (χ1n) is 8.14. The number of nitrogens with zero attached hydrogens (tertiary/aromatic N) is 1. The van der Waals surface area contributed by atoms with Gasteiger partial charge in [0, 0.05) is 10.4 Å². The van der Waals surface area contributed by atoms with Gasteiger partial charge in [-0.3, -0.25) is 9.59 Å². The lowest BCUT2D eigenvalue weighted by Gasteiger charge is -2.17. The fourth-order valence-electron chi connectivity index (χ4n) is 2.16. The van der Waals surface area contributed by atoms with Crippen LogP contribution in [0.1, 0.15) is 27.2 Å². The summed E-state index contributed by atoms with van der Waals surface area (Å²) in [5.74, 6) is -0.514. The third kappa shape index (κ3) is 6.68. The van der Waals surface area contributed by atoms with E-state index in [0.29, 0.717) is 12.2 Å². The van der Waals surface area contributed by atoms with Gasteiger partial charge in [-0.2, -0.15) is 30.0 Å². The number of halogens is 3. The molecular formula is C18H18F3N3O2S2. The molecule has 1 heterocycles. The Morgan fingerprint density at radius 3 is 2.54 bits per heavy atom. The van der Waals surface area contributed by atoms with Crippen LogP contribution in [0.3, 0.4) is 0 Å². The number of hydrogen-bond donors (Lipinski definition) is 2. The van der Waals surface area contributed by atoms with Crippen molar-refractivity contribution < 1.29 is 22.8 Å². The number of benzene rings is 1. The van der Waals surface area contributed by atoms with E-state index in [1.165, 1.54) is 29.3 Å². The quantitative estimate of drug-likeness (QED) is 0.496. The molecule has 0 aliphatic heterocycles. The predicted molar refractivity (Wildman–Crippen MR) is 106 cm³/mol. The molecule has 1 aromatic carbocycles. The Morgan fingerprint density at radius 2 is 1.96 bits per heavy atom. The van der Waals surface area contributed by atoms with Crippen molar-refractivity contribution in [2.24, 2.45) is 5.10 Å². The standard InChI is InChI=1S/C18H18F3N3O2S2/c1-27-10-8-15(17(26)24-22-11-14-3-2-9-28-14)23-16(25)12-4-6-13(7-5-12)18(19,20)21/h2-7,9,11,15H,8,10H2,1H3,(H,23,25)(H,24,26)/b22-11-/t15-/m1/s1. The van der Waals surface area contributed by atoms with Crippen LogP contribution in [0.4, 0.5) is 13.2 Å². The lowest BCUT2D eigenvalue weighted by atomic mass is 10.1. The van der Waals surface area contributed by atoms with Crippen LogP contribution < -0.4 is 10.7 Å². The summed E-state index contributed by atoms with van der Waals surface area (Å²) in [4.78, 5) is 25.5. The second kappa shape index (κ2) is 10.3. The van der Waals surface area contributed by atoms with E-state index in [2.05, 4.69) is 15.8 Å². The van der Waals surface area contributed by atoms with E-state index in [9.17, 15) is 22.8 Å². The van der Waals surface area contributed by atoms with E-state index in [4.69, 9.17) is 0 Å². The number of carbonyl (C=O) groups excluding carboxylic acids is 2. The number of thiophene rings is 1. The normalized spacial score (nSPS) is 12.7. The predicted octanol–water partition coefficient (Wildman–Crippen LogP) is 3.77. The fourth-order valence-corrected chi connectivity index (χ4v) is 3.22. The van der Waals surface area contributed by atoms with Gasteiger partial charge in [0.15, 0.2) is 0 Å². The summed E-state index contributed by atoms with van der Waals surface area (Å²) in [6.07, 6.45) is -0.766. The molecule has 2 rings (SSSR count). The summed E-state index contributed by atoms with van der Waals surface area (Å²) in [6.45, 7) is 0. The zero-order chi connectivity index (χ0) is 20.6. The summed E-state index contributed by atoms with van der Waals surface area (Å²) >= 11 is 2.96. The minimum absolute atomic E-state index is 0.0389. The van der Waals surface area contributed by atoms with E-state index >= 15 is 0 Å². The van der Waals surface area contributed by atoms with Crippen molar-refractivity contribution in [2.45, 2.75) is 18.6 Å². The molecule has 0 aliphatic rings. The van der Waals surface area contributed by atoms with Gasteiger partial charge in [-0.15, -0.1) is 11.3 Å². The Kier molecular flexibility index (Phi) is 8.06. The highest BCUT2D eigenvalue weighted by atomic mass is 32.2. The number of rotatable bonds is 8. The Morgan fingerprint density at radius 1 is 1.25 bits per heavy atom. The van der Waals surface area contributed by atoms with Crippen LogP contribution in [0, 0.1) is 0 Å². The highest BCUT2D eigenvalue weighted by molar-refractivity contribution is 7.98. The van der Waals surface area contributed by atoms with Crippen LogP contribution in [0.25, 0.3) is 0 Å². The van der Waals surface area contributed by atoms with Gasteiger partial charge in [0.1, 0.15) is 6.04 Å². The molecule has 0 radical (unpaired) electrons. The minimum Gasteiger partial charge on any atom is -0.340 e. The molecule has 0 unspecified atom stereocenters. The topological polar surface area (TPSA) is 70.6 Å². The molecule has 2 aromatic rings. The number of amides is 2. The maximum atomic E-state index is 12.6. The van der Waals surface area contributed by atoms with Crippen molar-refractivity contribution in [1.82, 2.24) is 10.7 Å².